The van der Waals surface area contributed by atoms with Crippen LogP contribution in [0, 0.1) is 15.9 Å². The molecule has 0 saturated heterocycles. The van der Waals surface area contributed by atoms with Gasteiger partial charge in [-0.25, -0.2) is 4.98 Å². The Bertz CT molecular complexity index is 647. The quantitative estimate of drug-likeness (QED) is 0.685. The second-order valence-electron chi connectivity index (χ2n) is 4.16. The van der Waals surface area contributed by atoms with E-state index >= 15 is 0 Å². The van der Waals surface area contributed by atoms with Gasteiger partial charge in [-0.1, -0.05) is 6.07 Å². The molecule has 104 valence electrons. The van der Waals surface area contributed by atoms with E-state index in [1.54, 1.807) is 19.1 Å². The number of halogens is 1. The number of nitro benzene ring substituents is 1. The standard InChI is InChI=1S/C13H12FN3O3/c1-8(15)10-3-2-6-16-13(10)20-9-4-5-12(17(18)19)11(14)7-9/h2-8H,15H2,1H3. The van der Waals surface area contributed by atoms with Gasteiger partial charge in [-0.05, 0) is 19.1 Å². The molecule has 1 aromatic heterocycles. The van der Waals surface area contributed by atoms with Crippen LogP contribution in [0.2, 0.25) is 0 Å². The van der Waals surface area contributed by atoms with Crippen LogP contribution in [0.15, 0.2) is 36.5 Å². The number of rotatable bonds is 4. The summed E-state index contributed by atoms with van der Waals surface area (Å²) in [7, 11) is 0. The number of hydrogen-bond donors (Lipinski definition) is 1. The molecular weight excluding hydrogens is 265 g/mol. The lowest BCUT2D eigenvalue weighted by Crippen LogP contribution is -2.07. The zero-order valence-corrected chi connectivity index (χ0v) is 10.6. The predicted octanol–water partition coefficient (Wildman–Crippen LogP) is 2.94. The molecule has 0 aliphatic rings. The van der Waals surface area contributed by atoms with Crippen molar-refractivity contribution in [1.29, 1.82) is 0 Å². The third-order valence-electron chi connectivity index (χ3n) is 2.62. The molecule has 1 atom stereocenters. The van der Waals surface area contributed by atoms with Gasteiger partial charge in [0.15, 0.2) is 0 Å². The summed E-state index contributed by atoms with van der Waals surface area (Å²) in [5.41, 5.74) is 5.83. The van der Waals surface area contributed by atoms with E-state index in [2.05, 4.69) is 4.98 Å². The van der Waals surface area contributed by atoms with E-state index in [1.165, 1.54) is 12.3 Å². The molecule has 20 heavy (non-hydrogen) atoms. The van der Waals surface area contributed by atoms with Crippen LogP contribution in [0.25, 0.3) is 0 Å². The highest BCUT2D eigenvalue weighted by atomic mass is 19.1. The van der Waals surface area contributed by atoms with Crippen LogP contribution in [0.4, 0.5) is 10.1 Å². The summed E-state index contributed by atoms with van der Waals surface area (Å²) in [6.45, 7) is 1.76. The SMILES string of the molecule is CC(N)c1cccnc1Oc1ccc([N+](=O)[O-])c(F)c1. The molecule has 0 saturated carbocycles. The average Bonchev–Trinajstić information content (AvgIpc) is 2.38. The first-order chi connectivity index (χ1) is 9.49. The topological polar surface area (TPSA) is 91.3 Å². The number of hydrogen-bond acceptors (Lipinski definition) is 5. The molecule has 0 amide bonds. The third kappa shape index (κ3) is 2.89. The van der Waals surface area contributed by atoms with Gasteiger partial charge in [-0.2, -0.15) is 4.39 Å². The van der Waals surface area contributed by atoms with Crippen molar-refractivity contribution >= 4 is 5.69 Å². The van der Waals surface area contributed by atoms with E-state index in [9.17, 15) is 14.5 Å². The van der Waals surface area contributed by atoms with Gasteiger partial charge >= 0.3 is 5.69 Å². The fraction of sp³-hybridized carbons (Fsp3) is 0.154. The summed E-state index contributed by atoms with van der Waals surface area (Å²) >= 11 is 0. The van der Waals surface area contributed by atoms with E-state index < -0.39 is 16.4 Å². The molecular formula is C13H12FN3O3. The fourth-order valence-electron chi connectivity index (χ4n) is 1.65. The number of pyridine rings is 1. The lowest BCUT2D eigenvalue weighted by Gasteiger charge is -2.12. The number of nitrogens with zero attached hydrogens (tertiary/aromatic N) is 2. The Balaban J connectivity index is 2.31. The molecule has 7 heteroatoms. The monoisotopic (exact) mass is 277 g/mol. The van der Waals surface area contributed by atoms with Crippen molar-refractivity contribution in [2.45, 2.75) is 13.0 Å². The Hall–Kier alpha value is -2.54. The summed E-state index contributed by atoms with van der Waals surface area (Å²) < 4.78 is 18.9. The third-order valence-corrected chi connectivity index (χ3v) is 2.62. The summed E-state index contributed by atoms with van der Waals surface area (Å²) in [6.07, 6.45) is 1.52. The zero-order chi connectivity index (χ0) is 14.7. The van der Waals surface area contributed by atoms with Crippen molar-refractivity contribution in [3.63, 3.8) is 0 Å². The molecule has 0 spiro atoms. The first-order valence-electron chi connectivity index (χ1n) is 5.81. The smallest absolute Gasteiger partial charge is 0.305 e. The van der Waals surface area contributed by atoms with Crippen LogP contribution in [0.1, 0.15) is 18.5 Å². The second-order valence-corrected chi connectivity index (χ2v) is 4.16. The van der Waals surface area contributed by atoms with E-state index in [0.29, 0.717) is 5.56 Å². The molecule has 1 aromatic carbocycles. The van der Waals surface area contributed by atoms with Gasteiger partial charge in [0, 0.05) is 29.9 Å². The maximum atomic E-state index is 13.5. The Morgan fingerprint density at radius 3 is 2.80 bits per heavy atom. The van der Waals surface area contributed by atoms with Gasteiger partial charge in [0.2, 0.25) is 11.7 Å². The highest BCUT2D eigenvalue weighted by Crippen LogP contribution is 2.29. The van der Waals surface area contributed by atoms with Crippen molar-refractivity contribution < 1.29 is 14.1 Å². The van der Waals surface area contributed by atoms with Gasteiger partial charge < -0.3 is 10.5 Å². The maximum Gasteiger partial charge on any atom is 0.305 e. The molecule has 2 N–H and O–H groups in total. The minimum absolute atomic E-state index is 0.119. The molecule has 1 heterocycles. The molecule has 0 aliphatic carbocycles. The van der Waals surface area contributed by atoms with Crippen molar-refractivity contribution in [1.82, 2.24) is 4.98 Å². The Morgan fingerprint density at radius 2 is 2.20 bits per heavy atom. The number of aromatic nitrogens is 1. The molecule has 0 aliphatic heterocycles. The minimum atomic E-state index is -0.967. The molecule has 0 bridgehead atoms. The summed E-state index contributed by atoms with van der Waals surface area (Å²) in [5.74, 6) is -0.602. The van der Waals surface area contributed by atoms with E-state index in [4.69, 9.17) is 10.5 Å². The number of nitro groups is 1. The highest BCUT2D eigenvalue weighted by Gasteiger charge is 2.16. The predicted molar refractivity (Wildman–Crippen MR) is 70.0 cm³/mol. The van der Waals surface area contributed by atoms with E-state index in [1.807, 2.05) is 0 Å². The largest absolute Gasteiger partial charge is 0.439 e. The van der Waals surface area contributed by atoms with Gasteiger partial charge in [0.1, 0.15) is 5.75 Å². The summed E-state index contributed by atoms with van der Waals surface area (Å²) in [5, 5.41) is 10.5. The molecule has 2 aromatic rings. The van der Waals surface area contributed by atoms with Gasteiger partial charge in [0.05, 0.1) is 4.92 Å². The average molecular weight is 277 g/mol. The van der Waals surface area contributed by atoms with Crippen LogP contribution in [-0.4, -0.2) is 9.91 Å². The van der Waals surface area contributed by atoms with Crippen molar-refractivity contribution in [3.05, 3.63) is 58.0 Å². The number of ether oxygens (including phenoxy) is 1. The Kier molecular flexibility index (Phi) is 3.90. The van der Waals surface area contributed by atoms with E-state index in [-0.39, 0.29) is 17.7 Å². The number of nitrogens with two attached hydrogens (primary N) is 1. The maximum absolute atomic E-state index is 13.5. The molecule has 0 fully saturated rings. The van der Waals surface area contributed by atoms with Gasteiger partial charge in [-0.15, -0.1) is 0 Å². The summed E-state index contributed by atoms with van der Waals surface area (Å²) in [4.78, 5) is 13.8. The van der Waals surface area contributed by atoms with Crippen molar-refractivity contribution in [2.24, 2.45) is 5.73 Å². The van der Waals surface area contributed by atoms with Crippen LogP contribution in [0.5, 0.6) is 11.6 Å². The fourth-order valence-corrected chi connectivity index (χ4v) is 1.65. The van der Waals surface area contributed by atoms with Crippen LogP contribution in [0.3, 0.4) is 0 Å². The van der Waals surface area contributed by atoms with Gasteiger partial charge in [0.25, 0.3) is 0 Å². The number of benzene rings is 1. The Labute approximate surface area is 114 Å². The molecule has 2 rings (SSSR count). The molecule has 0 radical (unpaired) electrons. The van der Waals surface area contributed by atoms with Crippen LogP contribution < -0.4 is 10.5 Å². The first kappa shape index (κ1) is 13.9. The van der Waals surface area contributed by atoms with Crippen LogP contribution >= 0.6 is 0 Å². The van der Waals surface area contributed by atoms with E-state index in [0.717, 1.165) is 12.1 Å². The molecule has 6 nitrogen and oxygen atoms in total. The lowest BCUT2D eigenvalue weighted by molar-refractivity contribution is -0.387. The molecule has 1 unspecified atom stereocenters. The Morgan fingerprint density at radius 1 is 1.45 bits per heavy atom. The lowest BCUT2D eigenvalue weighted by atomic mass is 10.1. The second kappa shape index (κ2) is 5.62. The zero-order valence-electron chi connectivity index (χ0n) is 10.6. The summed E-state index contributed by atoms with van der Waals surface area (Å²) in [6, 6.07) is 6.44. The minimum Gasteiger partial charge on any atom is -0.439 e. The highest BCUT2D eigenvalue weighted by molar-refractivity contribution is 5.40. The normalized spacial score (nSPS) is 11.9. The van der Waals surface area contributed by atoms with Gasteiger partial charge in [-0.3, -0.25) is 10.1 Å². The van der Waals surface area contributed by atoms with Crippen molar-refractivity contribution in [3.8, 4) is 11.6 Å². The van der Waals surface area contributed by atoms with Crippen LogP contribution in [-0.2, 0) is 0 Å². The first-order valence-corrected chi connectivity index (χ1v) is 5.81. The van der Waals surface area contributed by atoms with Crippen molar-refractivity contribution in [2.75, 3.05) is 0 Å².